The van der Waals surface area contributed by atoms with Crippen LogP contribution < -0.4 is 0 Å². The number of fused-ring (bicyclic) bond motifs is 1. The largest absolute Gasteiger partial charge is 0.395 e. The molecule has 0 unspecified atom stereocenters. The van der Waals surface area contributed by atoms with Gasteiger partial charge in [0.25, 0.3) is 5.91 Å². The van der Waals surface area contributed by atoms with Gasteiger partial charge in [0.15, 0.2) is 0 Å². The van der Waals surface area contributed by atoms with Crippen molar-refractivity contribution in [3.8, 4) is 11.1 Å². The average Bonchev–Trinajstić information content (AvgIpc) is 2.77. The lowest BCUT2D eigenvalue weighted by Gasteiger charge is -2.57. The highest BCUT2D eigenvalue weighted by molar-refractivity contribution is 5.95. The Kier molecular flexibility index (Phi) is 6.63. The van der Waals surface area contributed by atoms with E-state index in [0.717, 1.165) is 37.1 Å². The van der Waals surface area contributed by atoms with E-state index in [-0.39, 0.29) is 36.4 Å². The second-order valence-corrected chi connectivity index (χ2v) is 9.16. The fourth-order valence-electron chi connectivity index (χ4n) is 5.21. The number of benzene rings is 2. The molecule has 4 rings (SSSR count). The number of nitrogens with zero attached hydrogens (tertiary/aromatic N) is 3. The minimum Gasteiger partial charge on any atom is -0.395 e. The Labute approximate surface area is 190 Å². The summed E-state index contributed by atoms with van der Waals surface area (Å²) in [6.45, 7) is 4.28. The van der Waals surface area contributed by atoms with E-state index in [1.807, 2.05) is 29.2 Å². The van der Waals surface area contributed by atoms with Crippen LogP contribution in [-0.4, -0.2) is 84.0 Å². The van der Waals surface area contributed by atoms with Crippen LogP contribution >= 0.6 is 0 Å². The summed E-state index contributed by atoms with van der Waals surface area (Å²) in [5.41, 5.74) is 3.93. The first-order valence-corrected chi connectivity index (χ1v) is 11.4. The van der Waals surface area contributed by atoms with Gasteiger partial charge in [-0.1, -0.05) is 36.4 Å². The summed E-state index contributed by atoms with van der Waals surface area (Å²) in [6, 6.07) is 16.5. The second kappa shape index (κ2) is 9.43. The van der Waals surface area contributed by atoms with Crippen LogP contribution in [0.15, 0.2) is 48.5 Å². The molecule has 3 atom stereocenters. The van der Waals surface area contributed by atoms with E-state index >= 15 is 0 Å². The number of aliphatic hydroxyl groups excluding tert-OH is 1. The standard InChI is InChI=1S/C26H33N3O3/c1-18(31)28-13-4-5-14-29-23(16-28)25(24(29)17-30)20-11-9-19(10-12-20)21-7-6-8-22(15-21)26(32)27(2)3/h6-12,15,23-25,30H,4-5,13-14,16-17H2,1-3H3/t23-,24+,25-/m1/s1. The van der Waals surface area contributed by atoms with Crippen molar-refractivity contribution >= 4 is 11.8 Å². The summed E-state index contributed by atoms with van der Waals surface area (Å²) in [5, 5.41) is 10.1. The summed E-state index contributed by atoms with van der Waals surface area (Å²) >= 11 is 0. The first kappa shape index (κ1) is 22.5. The molecule has 170 valence electrons. The molecule has 2 aromatic carbocycles. The molecule has 0 aliphatic carbocycles. The Morgan fingerprint density at radius 1 is 1.03 bits per heavy atom. The van der Waals surface area contributed by atoms with Crippen LogP contribution in [-0.2, 0) is 4.79 Å². The fraction of sp³-hybridized carbons (Fsp3) is 0.462. The molecule has 1 N–H and O–H groups in total. The lowest BCUT2D eigenvalue weighted by molar-refractivity contribution is -0.134. The maximum atomic E-state index is 12.3. The molecule has 2 heterocycles. The average molecular weight is 436 g/mol. The van der Waals surface area contributed by atoms with Gasteiger partial charge in [0.05, 0.1) is 6.61 Å². The quantitative estimate of drug-likeness (QED) is 0.802. The van der Waals surface area contributed by atoms with Crippen molar-refractivity contribution in [2.24, 2.45) is 0 Å². The van der Waals surface area contributed by atoms with E-state index in [2.05, 4.69) is 29.2 Å². The molecule has 2 amide bonds. The van der Waals surface area contributed by atoms with Gasteiger partial charge >= 0.3 is 0 Å². The zero-order valence-electron chi connectivity index (χ0n) is 19.2. The normalized spacial score (nSPS) is 23.5. The molecule has 6 nitrogen and oxygen atoms in total. The number of carbonyl (C=O) groups is 2. The van der Waals surface area contributed by atoms with Crippen LogP contribution in [0, 0.1) is 0 Å². The zero-order valence-corrected chi connectivity index (χ0v) is 19.2. The minimum atomic E-state index is -0.0110. The molecule has 0 aromatic heterocycles. The summed E-state index contributed by atoms with van der Waals surface area (Å²) in [6.07, 6.45) is 2.06. The first-order chi connectivity index (χ1) is 15.4. The maximum Gasteiger partial charge on any atom is 0.253 e. The molecule has 0 bridgehead atoms. The van der Waals surface area contributed by atoms with Gasteiger partial charge < -0.3 is 14.9 Å². The third-order valence-electron chi connectivity index (χ3n) is 6.96. The number of amides is 2. The predicted molar refractivity (Wildman–Crippen MR) is 125 cm³/mol. The van der Waals surface area contributed by atoms with Crippen LogP contribution in [0.4, 0.5) is 0 Å². The molecule has 0 radical (unpaired) electrons. The highest BCUT2D eigenvalue weighted by Gasteiger charge is 2.49. The van der Waals surface area contributed by atoms with Crippen molar-refractivity contribution in [2.75, 3.05) is 40.3 Å². The monoisotopic (exact) mass is 435 g/mol. The Morgan fingerprint density at radius 2 is 1.75 bits per heavy atom. The Morgan fingerprint density at radius 3 is 2.41 bits per heavy atom. The lowest BCUT2D eigenvalue weighted by Crippen LogP contribution is -2.67. The Hall–Kier alpha value is -2.70. The van der Waals surface area contributed by atoms with Gasteiger partial charge in [-0.2, -0.15) is 0 Å². The lowest BCUT2D eigenvalue weighted by atomic mass is 9.74. The van der Waals surface area contributed by atoms with Crippen LogP contribution in [0.3, 0.4) is 0 Å². The van der Waals surface area contributed by atoms with Gasteiger partial charge in [-0.15, -0.1) is 0 Å². The van der Waals surface area contributed by atoms with Crippen molar-refractivity contribution in [2.45, 2.75) is 37.8 Å². The van der Waals surface area contributed by atoms with Crippen LogP contribution in [0.2, 0.25) is 0 Å². The van der Waals surface area contributed by atoms with Gasteiger partial charge in [0.2, 0.25) is 5.91 Å². The zero-order chi connectivity index (χ0) is 22.8. The molecule has 0 spiro atoms. The van der Waals surface area contributed by atoms with Gasteiger partial charge in [0, 0.05) is 57.7 Å². The minimum absolute atomic E-state index is 0.0110. The molecular weight excluding hydrogens is 402 g/mol. The summed E-state index contributed by atoms with van der Waals surface area (Å²) in [4.78, 5) is 30.3. The molecule has 0 saturated carbocycles. The van der Waals surface area contributed by atoms with E-state index in [4.69, 9.17) is 0 Å². The van der Waals surface area contributed by atoms with Gasteiger partial charge in [-0.25, -0.2) is 0 Å². The molecule has 2 fully saturated rings. The maximum absolute atomic E-state index is 12.3. The van der Waals surface area contributed by atoms with Crippen molar-refractivity contribution in [1.29, 1.82) is 0 Å². The Balaban J connectivity index is 1.57. The molecule has 2 saturated heterocycles. The number of rotatable bonds is 4. The smallest absolute Gasteiger partial charge is 0.253 e. The van der Waals surface area contributed by atoms with Crippen LogP contribution in [0.5, 0.6) is 0 Å². The van der Waals surface area contributed by atoms with E-state index < -0.39 is 0 Å². The van der Waals surface area contributed by atoms with Crippen molar-refractivity contribution < 1.29 is 14.7 Å². The van der Waals surface area contributed by atoms with Gasteiger partial charge in [-0.05, 0) is 48.2 Å². The third-order valence-corrected chi connectivity index (χ3v) is 6.96. The summed E-state index contributed by atoms with van der Waals surface area (Å²) in [7, 11) is 3.51. The number of hydrogen-bond acceptors (Lipinski definition) is 4. The molecule has 6 heteroatoms. The van der Waals surface area contributed by atoms with E-state index in [0.29, 0.717) is 12.1 Å². The molecule has 2 aliphatic rings. The second-order valence-electron chi connectivity index (χ2n) is 9.16. The van der Waals surface area contributed by atoms with Gasteiger partial charge in [0.1, 0.15) is 0 Å². The van der Waals surface area contributed by atoms with Crippen molar-refractivity contribution in [3.63, 3.8) is 0 Å². The van der Waals surface area contributed by atoms with E-state index in [1.54, 1.807) is 25.9 Å². The van der Waals surface area contributed by atoms with Crippen LogP contribution in [0.1, 0.15) is 41.6 Å². The number of hydrogen-bond donors (Lipinski definition) is 1. The summed E-state index contributed by atoms with van der Waals surface area (Å²) in [5.74, 6) is 0.319. The van der Waals surface area contributed by atoms with Crippen molar-refractivity contribution in [1.82, 2.24) is 14.7 Å². The summed E-state index contributed by atoms with van der Waals surface area (Å²) < 4.78 is 0. The topological polar surface area (TPSA) is 64.1 Å². The highest BCUT2D eigenvalue weighted by atomic mass is 16.3. The number of aliphatic hydroxyl groups is 1. The fourth-order valence-corrected chi connectivity index (χ4v) is 5.21. The van der Waals surface area contributed by atoms with Crippen molar-refractivity contribution in [3.05, 3.63) is 59.7 Å². The van der Waals surface area contributed by atoms with E-state index in [9.17, 15) is 14.7 Å². The number of carbonyl (C=O) groups excluding carboxylic acids is 2. The predicted octanol–water partition coefficient (Wildman–Crippen LogP) is 2.83. The first-order valence-electron chi connectivity index (χ1n) is 11.4. The van der Waals surface area contributed by atoms with E-state index in [1.165, 1.54) is 5.56 Å². The molecule has 2 aromatic rings. The third kappa shape index (κ3) is 4.30. The molecular formula is C26H33N3O3. The van der Waals surface area contributed by atoms with Crippen LogP contribution in [0.25, 0.3) is 11.1 Å². The molecule has 2 aliphatic heterocycles. The molecule has 32 heavy (non-hydrogen) atoms. The van der Waals surface area contributed by atoms with Gasteiger partial charge in [-0.3, -0.25) is 14.5 Å². The highest BCUT2D eigenvalue weighted by Crippen LogP contribution is 2.42. The SMILES string of the molecule is CC(=O)N1CCCCN2[C@H](C1)[C@@H](c1ccc(-c3cccc(C(=O)N(C)C)c3)cc1)[C@@H]2CO. The Bertz CT molecular complexity index is 973.